The van der Waals surface area contributed by atoms with Gasteiger partial charge in [0.1, 0.15) is 5.69 Å². The van der Waals surface area contributed by atoms with Crippen molar-refractivity contribution in [2.75, 3.05) is 0 Å². The largest absolute Gasteiger partial charge is 0.465 e. The van der Waals surface area contributed by atoms with Crippen molar-refractivity contribution in [1.29, 1.82) is 0 Å². The van der Waals surface area contributed by atoms with Crippen molar-refractivity contribution >= 4 is 5.78 Å². The molecule has 1 atom stereocenters. The third kappa shape index (κ3) is 3.28. The van der Waals surface area contributed by atoms with Gasteiger partial charge in [-0.05, 0) is 43.5 Å². The minimum absolute atomic E-state index is 0.152. The number of hydrogen-bond donors (Lipinski definition) is 0. The Morgan fingerprint density at radius 3 is 2.64 bits per heavy atom. The highest BCUT2D eigenvalue weighted by molar-refractivity contribution is 5.84. The summed E-state index contributed by atoms with van der Waals surface area (Å²) < 4.78 is 7.52. The smallest absolute Gasteiger partial charge is 0.234 e. The summed E-state index contributed by atoms with van der Waals surface area (Å²) in [5.74, 6) is 0.536. The lowest BCUT2D eigenvalue weighted by Gasteiger charge is -2.20. The Labute approximate surface area is 145 Å². The lowest BCUT2D eigenvalue weighted by atomic mass is 9.96. The molecular formula is C19H18N4O2. The zero-order valence-corrected chi connectivity index (χ0v) is 13.7. The number of para-hydroxylation sites is 1. The summed E-state index contributed by atoms with van der Waals surface area (Å²) in [6.45, 7) is 0. The Morgan fingerprint density at radius 2 is 1.88 bits per heavy atom. The number of hydrogen-bond acceptors (Lipinski definition) is 5. The van der Waals surface area contributed by atoms with Gasteiger partial charge in [-0.25, -0.2) is 4.68 Å². The van der Waals surface area contributed by atoms with Crippen LogP contribution in [0.3, 0.4) is 0 Å². The quantitative estimate of drug-likeness (QED) is 0.733. The second kappa shape index (κ2) is 6.84. The van der Waals surface area contributed by atoms with Crippen molar-refractivity contribution in [3.05, 3.63) is 54.7 Å². The minimum Gasteiger partial charge on any atom is -0.465 e. The van der Waals surface area contributed by atoms with Crippen LogP contribution < -0.4 is 4.74 Å². The Bertz CT molecular complexity index is 859. The topological polar surface area (TPSA) is 69.9 Å². The molecule has 2 heterocycles. The van der Waals surface area contributed by atoms with E-state index in [2.05, 4.69) is 15.3 Å². The number of carbonyl (C=O) groups is 1. The van der Waals surface area contributed by atoms with Crippen LogP contribution in [0.4, 0.5) is 0 Å². The predicted molar refractivity (Wildman–Crippen MR) is 92.5 cm³/mol. The van der Waals surface area contributed by atoms with Gasteiger partial charge < -0.3 is 4.74 Å². The number of carbonyl (C=O) groups excluding carboxylic acids is 1. The van der Waals surface area contributed by atoms with Gasteiger partial charge in [-0.2, -0.15) is 5.10 Å². The standard InChI is InChI=1S/C19H18N4O2/c24-17-8-4-5-9-18(17)25-19-11-10-15(21-22-19)16-12-13-20-23(16)14-6-2-1-3-7-14/h1-3,6-7,10-13,18H,4-5,8-9H2. The Balaban J connectivity index is 1.55. The maximum Gasteiger partial charge on any atom is 0.234 e. The van der Waals surface area contributed by atoms with Crippen LogP contribution in [0, 0.1) is 0 Å². The molecule has 1 fully saturated rings. The highest BCUT2D eigenvalue weighted by atomic mass is 16.5. The first kappa shape index (κ1) is 15.5. The van der Waals surface area contributed by atoms with Gasteiger partial charge in [0.2, 0.25) is 5.88 Å². The molecule has 1 aliphatic rings. The van der Waals surface area contributed by atoms with Gasteiger partial charge >= 0.3 is 0 Å². The molecule has 6 heteroatoms. The molecule has 1 aliphatic carbocycles. The lowest BCUT2D eigenvalue weighted by Crippen LogP contribution is -2.30. The number of nitrogens with zero attached hydrogens (tertiary/aromatic N) is 4. The summed E-state index contributed by atoms with van der Waals surface area (Å²) in [4.78, 5) is 11.9. The van der Waals surface area contributed by atoms with Gasteiger partial charge in [0.05, 0.1) is 17.6 Å². The highest BCUT2D eigenvalue weighted by Gasteiger charge is 2.24. The molecule has 6 nitrogen and oxygen atoms in total. The SMILES string of the molecule is O=C1CCCCC1Oc1ccc(-c2ccnn2-c2ccccc2)nn1. The van der Waals surface area contributed by atoms with E-state index in [0.29, 0.717) is 18.0 Å². The van der Waals surface area contributed by atoms with Crippen molar-refractivity contribution in [2.24, 2.45) is 0 Å². The molecule has 4 rings (SSSR count). The normalized spacial score (nSPS) is 17.4. The molecule has 1 unspecified atom stereocenters. The van der Waals surface area contributed by atoms with Crippen LogP contribution >= 0.6 is 0 Å². The Morgan fingerprint density at radius 1 is 1.00 bits per heavy atom. The number of Topliss-reactive ketones (excluding diaryl/α,β-unsaturated/α-hetero) is 1. The van der Waals surface area contributed by atoms with Gasteiger partial charge in [-0.15, -0.1) is 10.2 Å². The molecule has 0 N–H and O–H groups in total. The maximum absolute atomic E-state index is 11.9. The summed E-state index contributed by atoms with van der Waals surface area (Å²) in [6.07, 6.45) is 4.65. The van der Waals surface area contributed by atoms with Crippen LogP contribution in [-0.4, -0.2) is 31.9 Å². The molecule has 3 aromatic rings. The molecule has 1 aromatic carbocycles. The van der Waals surface area contributed by atoms with E-state index >= 15 is 0 Å². The first-order valence-electron chi connectivity index (χ1n) is 8.44. The van der Waals surface area contributed by atoms with Crippen molar-refractivity contribution in [3.8, 4) is 23.0 Å². The van der Waals surface area contributed by atoms with E-state index in [0.717, 1.165) is 30.6 Å². The highest BCUT2D eigenvalue weighted by Crippen LogP contribution is 2.23. The fourth-order valence-electron chi connectivity index (χ4n) is 3.01. The fourth-order valence-corrected chi connectivity index (χ4v) is 3.01. The van der Waals surface area contributed by atoms with E-state index in [1.807, 2.05) is 47.1 Å². The number of aromatic nitrogens is 4. The van der Waals surface area contributed by atoms with Gasteiger partial charge in [-0.3, -0.25) is 4.79 Å². The van der Waals surface area contributed by atoms with E-state index < -0.39 is 0 Å². The van der Waals surface area contributed by atoms with Gasteiger partial charge in [0.25, 0.3) is 0 Å². The predicted octanol–water partition coefficient (Wildman–Crippen LogP) is 3.22. The molecule has 25 heavy (non-hydrogen) atoms. The molecule has 0 spiro atoms. The average molecular weight is 334 g/mol. The van der Waals surface area contributed by atoms with Crippen molar-refractivity contribution < 1.29 is 9.53 Å². The van der Waals surface area contributed by atoms with Crippen molar-refractivity contribution in [1.82, 2.24) is 20.0 Å². The molecule has 0 aliphatic heterocycles. The number of ketones is 1. The lowest BCUT2D eigenvalue weighted by molar-refractivity contribution is -0.127. The molecule has 0 bridgehead atoms. The van der Waals surface area contributed by atoms with E-state index in [-0.39, 0.29) is 11.9 Å². The van der Waals surface area contributed by atoms with Crippen LogP contribution in [0.5, 0.6) is 5.88 Å². The second-order valence-corrected chi connectivity index (χ2v) is 6.04. The van der Waals surface area contributed by atoms with Crippen LogP contribution in [0.1, 0.15) is 25.7 Å². The van der Waals surface area contributed by atoms with Gasteiger partial charge in [0.15, 0.2) is 11.9 Å². The number of rotatable bonds is 4. The second-order valence-electron chi connectivity index (χ2n) is 6.04. The molecule has 0 amide bonds. The van der Waals surface area contributed by atoms with Crippen molar-refractivity contribution in [3.63, 3.8) is 0 Å². The van der Waals surface area contributed by atoms with Crippen LogP contribution in [0.25, 0.3) is 17.1 Å². The van der Waals surface area contributed by atoms with E-state index in [4.69, 9.17) is 4.74 Å². The van der Waals surface area contributed by atoms with Crippen LogP contribution in [-0.2, 0) is 4.79 Å². The molecular weight excluding hydrogens is 316 g/mol. The monoisotopic (exact) mass is 334 g/mol. The van der Waals surface area contributed by atoms with E-state index in [1.165, 1.54) is 0 Å². The minimum atomic E-state index is -0.385. The summed E-state index contributed by atoms with van der Waals surface area (Å²) in [7, 11) is 0. The van der Waals surface area contributed by atoms with Crippen molar-refractivity contribution in [2.45, 2.75) is 31.8 Å². The summed E-state index contributed by atoms with van der Waals surface area (Å²) in [5.41, 5.74) is 2.50. The summed E-state index contributed by atoms with van der Waals surface area (Å²) >= 11 is 0. The number of ether oxygens (including phenoxy) is 1. The molecule has 1 saturated carbocycles. The maximum atomic E-state index is 11.9. The first-order valence-corrected chi connectivity index (χ1v) is 8.44. The third-order valence-electron chi connectivity index (χ3n) is 4.31. The molecule has 126 valence electrons. The molecule has 0 radical (unpaired) electrons. The van der Waals surface area contributed by atoms with Gasteiger partial charge in [-0.1, -0.05) is 18.2 Å². The van der Waals surface area contributed by atoms with E-state index in [9.17, 15) is 4.79 Å². The fraction of sp³-hybridized carbons (Fsp3) is 0.263. The average Bonchev–Trinajstić information content (AvgIpc) is 3.15. The first-order chi connectivity index (χ1) is 12.3. The zero-order valence-electron chi connectivity index (χ0n) is 13.7. The Hall–Kier alpha value is -3.02. The van der Waals surface area contributed by atoms with Crippen LogP contribution in [0.15, 0.2) is 54.7 Å². The van der Waals surface area contributed by atoms with Crippen LogP contribution in [0.2, 0.25) is 0 Å². The molecule has 0 saturated heterocycles. The van der Waals surface area contributed by atoms with Gasteiger partial charge in [0, 0.05) is 12.5 Å². The summed E-state index contributed by atoms with van der Waals surface area (Å²) in [5, 5.41) is 12.7. The number of benzene rings is 1. The zero-order chi connectivity index (χ0) is 17.1. The third-order valence-corrected chi connectivity index (χ3v) is 4.31. The Kier molecular flexibility index (Phi) is 4.24. The van der Waals surface area contributed by atoms with E-state index in [1.54, 1.807) is 12.3 Å². The summed E-state index contributed by atoms with van der Waals surface area (Å²) in [6, 6.07) is 15.3. The molecule has 2 aromatic heterocycles.